The molecular weight excluding hydrogens is 217 g/mol. The van der Waals surface area contributed by atoms with Crippen LogP contribution in [0.3, 0.4) is 0 Å². The van der Waals surface area contributed by atoms with Crippen molar-refractivity contribution in [3.63, 3.8) is 0 Å². The van der Waals surface area contributed by atoms with Crippen molar-refractivity contribution in [3.8, 4) is 5.69 Å². The summed E-state index contributed by atoms with van der Waals surface area (Å²) in [5.74, 6) is -3.14. The number of rotatable bonds is 1. The lowest BCUT2D eigenvalue weighted by Crippen LogP contribution is -2.04. The van der Waals surface area contributed by atoms with Gasteiger partial charge in [-0.3, -0.25) is 0 Å². The second-order valence-corrected chi connectivity index (χ2v) is 3.56. The minimum absolute atomic E-state index is 0.0931. The summed E-state index contributed by atoms with van der Waals surface area (Å²) in [6.07, 6.45) is 0. The maximum absolute atomic E-state index is 13.4. The number of benzene rings is 1. The number of hydrogen-bond acceptors (Lipinski definition) is 1. The zero-order valence-corrected chi connectivity index (χ0v) is 8.76. The average molecular weight is 226 g/mol. The molecule has 5 heteroatoms. The Hall–Kier alpha value is -1.78. The predicted molar refractivity (Wildman–Crippen MR) is 52.9 cm³/mol. The van der Waals surface area contributed by atoms with Crippen LogP contribution in [0.25, 0.3) is 5.69 Å². The molecule has 0 fully saturated rings. The SMILES string of the molecule is Cc1cc(C)n(-c2cc(F)c(F)cc2F)n1. The van der Waals surface area contributed by atoms with Crippen molar-refractivity contribution in [2.45, 2.75) is 13.8 Å². The van der Waals surface area contributed by atoms with Gasteiger partial charge in [0.25, 0.3) is 0 Å². The Morgan fingerprint density at radius 1 is 0.938 bits per heavy atom. The third kappa shape index (κ3) is 1.68. The zero-order chi connectivity index (χ0) is 11.9. The minimum atomic E-state index is -1.21. The fourth-order valence-electron chi connectivity index (χ4n) is 1.55. The molecule has 0 unspecified atom stereocenters. The normalized spacial score (nSPS) is 10.8. The van der Waals surface area contributed by atoms with E-state index in [-0.39, 0.29) is 5.69 Å². The van der Waals surface area contributed by atoms with Gasteiger partial charge >= 0.3 is 0 Å². The van der Waals surface area contributed by atoms with E-state index in [4.69, 9.17) is 0 Å². The largest absolute Gasteiger partial charge is 0.235 e. The van der Waals surface area contributed by atoms with E-state index in [1.54, 1.807) is 19.9 Å². The summed E-state index contributed by atoms with van der Waals surface area (Å²) >= 11 is 0. The molecule has 0 radical (unpaired) electrons. The lowest BCUT2D eigenvalue weighted by atomic mass is 10.2. The van der Waals surface area contributed by atoms with E-state index in [9.17, 15) is 13.2 Å². The Morgan fingerprint density at radius 3 is 2.12 bits per heavy atom. The van der Waals surface area contributed by atoms with E-state index in [1.165, 1.54) is 4.68 Å². The first kappa shape index (κ1) is 10.7. The lowest BCUT2D eigenvalue weighted by molar-refractivity contribution is 0.491. The fraction of sp³-hybridized carbons (Fsp3) is 0.182. The summed E-state index contributed by atoms with van der Waals surface area (Å²) in [4.78, 5) is 0. The van der Waals surface area contributed by atoms with Gasteiger partial charge in [0, 0.05) is 17.8 Å². The first-order valence-electron chi connectivity index (χ1n) is 4.67. The molecule has 0 aliphatic heterocycles. The van der Waals surface area contributed by atoms with Crippen molar-refractivity contribution in [2.75, 3.05) is 0 Å². The maximum Gasteiger partial charge on any atom is 0.161 e. The highest BCUT2D eigenvalue weighted by Gasteiger charge is 2.13. The van der Waals surface area contributed by atoms with Gasteiger partial charge in [0.15, 0.2) is 17.5 Å². The van der Waals surface area contributed by atoms with E-state index in [0.717, 1.165) is 6.07 Å². The molecule has 0 saturated heterocycles. The first-order chi connectivity index (χ1) is 7.49. The molecule has 0 atom stereocenters. The fourth-order valence-corrected chi connectivity index (χ4v) is 1.55. The van der Waals surface area contributed by atoms with E-state index in [2.05, 4.69) is 5.10 Å². The summed E-state index contributed by atoms with van der Waals surface area (Å²) in [5, 5.41) is 4.00. The van der Waals surface area contributed by atoms with Gasteiger partial charge in [0.2, 0.25) is 0 Å². The number of aryl methyl sites for hydroxylation is 2. The smallest absolute Gasteiger partial charge is 0.161 e. The molecule has 0 bridgehead atoms. The Labute approximate surface area is 90.3 Å². The van der Waals surface area contributed by atoms with Crippen LogP contribution in [0.5, 0.6) is 0 Å². The molecule has 1 aromatic heterocycles. The highest BCUT2D eigenvalue weighted by molar-refractivity contribution is 5.36. The molecule has 1 heterocycles. The summed E-state index contributed by atoms with van der Waals surface area (Å²) < 4.78 is 40.4. The second-order valence-electron chi connectivity index (χ2n) is 3.56. The Kier molecular flexibility index (Phi) is 2.46. The zero-order valence-electron chi connectivity index (χ0n) is 8.76. The monoisotopic (exact) mass is 226 g/mol. The maximum atomic E-state index is 13.4. The van der Waals surface area contributed by atoms with Gasteiger partial charge in [-0.05, 0) is 19.9 Å². The quantitative estimate of drug-likeness (QED) is 0.683. The predicted octanol–water partition coefficient (Wildman–Crippen LogP) is 2.91. The molecule has 84 valence electrons. The highest BCUT2D eigenvalue weighted by Crippen LogP contribution is 2.19. The molecule has 16 heavy (non-hydrogen) atoms. The van der Waals surface area contributed by atoms with E-state index in [1.807, 2.05) is 0 Å². The Bertz CT molecular complexity index is 546. The van der Waals surface area contributed by atoms with E-state index in [0.29, 0.717) is 17.5 Å². The van der Waals surface area contributed by atoms with Crippen molar-refractivity contribution < 1.29 is 13.2 Å². The third-order valence-electron chi connectivity index (χ3n) is 2.23. The van der Waals surface area contributed by atoms with Crippen LogP contribution < -0.4 is 0 Å². The first-order valence-corrected chi connectivity index (χ1v) is 4.67. The number of aromatic nitrogens is 2. The van der Waals surface area contributed by atoms with Gasteiger partial charge in [-0.25, -0.2) is 17.9 Å². The molecule has 2 aromatic rings. The summed E-state index contributed by atoms with van der Waals surface area (Å²) in [7, 11) is 0. The molecule has 0 spiro atoms. The Morgan fingerprint density at radius 2 is 1.56 bits per heavy atom. The van der Waals surface area contributed by atoms with E-state index < -0.39 is 17.5 Å². The van der Waals surface area contributed by atoms with Crippen molar-refractivity contribution in [2.24, 2.45) is 0 Å². The van der Waals surface area contributed by atoms with Crippen LogP contribution in [0.15, 0.2) is 18.2 Å². The second kappa shape index (κ2) is 3.66. The molecule has 2 rings (SSSR count). The lowest BCUT2D eigenvalue weighted by Gasteiger charge is -2.06. The minimum Gasteiger partial charge on any atom is -0.235 e. The molecule has 0 saturated carbocycles. The molecule has 0 aliphatic carbocycles. The van der Waals surface area contributed by atoms with Crippen molar-refractivity contribution >= 4 is 0 Å². The molecule has 2 nitrogen and oxygen atoms in total. The van der Waals surface area contributed by atoms with Crippen molar-refractivity contribution in [1.82, 2.24) is 9.78 Å². The van der Waals surface area contributed by atoms with Crippen LogP contribution in [-0.4, -0.2) is 9.78 Å². The summed E-state index contributed by atoms with van der Waals surface area (Å²) in [6.45, 7) is 3.45. The summed E-state index contributed by atoms with van der Waals surface area (Å²) in [5.41, 5.74) is 1.24. The van der Waals surface area contributed by atoms with E-state index >= 15 is 0 Å². The van der Waals surface area contributed by atoms with Gasteiger partial charge in [0.1, 0.15) is 5.69 Å². The third-order valence-corrected chi connectivity index (χ3v) is 2.23. The molecular formula is C11H9F3N2. The topological polar surface area (TPSA) is 17.8 Å². The van der Waals surface area contributed by atoms with Crippen LogP contribution in [0.4, 0.5) is 13.2 Å². The molecule has 1 aromatic carbocycles. The van der Waals surface area contributed by atoms with Gasteiger partial charge < -0.3 is 0 Å². The van der Waals surface area contributed by atoms with Gasteiger partial charge in [-0.2, -0.15) is 5.10 Å². The van der Waals surface area contributed by atoms with Crippen LogP contribution in [-0.2, 0) is 0 Å². The highest BCUT2D eigenvalue weighted by atomic mass is 19.2. The van der Waals surface area contributed by atoms with Crippen LogP contribution in [0, 0.1) is 31.3 Å². The number of nitrogens with zero attached hydrogens (tertiary/aromatic N) is 2. The Balaban J connectivity index is 2.64. The van der Waals surface area contributed by atoms with Gasteiger partial charge in [-0.1, -0.05) is 0 Å². The summed E-state index contributed by atoms with van der Waals surface area (Å²) in [6, 6.07) is 3.03. The van der Waals surface area contributed by atoms with Crippen LogP contribution >= 0.6 is 0 Å². The van der Waals surface area contributed by atoms with Gasteiger partial charge in [0.05, 0.1) is 5.69 Å². The van der Waals surface area contributed by atoms with Crippen LogP contribution in [0.1, 0.15) is 11.4 Å². The number of halogens is 3. The van der Waals surface area contributed by atoms with Gasteiger partial charge in [-0.15, -0.1) is 0 Å². The average Bonchev–Trinajstić information content (AvgIpc) is 2.51. The van der Waals surface area contributed by atoms with Crippen LogP contribution in [0.2, 0.25) is 0 Å². The standard InChI is InChI=1S/C11H9F3N2/c1-6-3-7(2)16(15-6)11-5-9(13)8(12)4-10(11)14/h3-5H,1-2H3. The number of hydrogen-bond donors (Lipinski definition) is 0. The molecule has 0 aliphatic rings. The van der Waals surface area contributed by atoms with Crippen molar-refractivity contribution in [3.05, 3.63) is 47.0 Å². The molecule has 0 amide bonds. The van der Waals surface area contributed by atoms with Crippen molar-refractivity contribution in [1.29, 1.82) is 0 Å². The molecule has 0 N–H and O–H groups in total.